The Morgan fingerprint density at radius 3 is 2.61 bits per heavy atom. The van der Waals surface area contributed by atoms with Crippen LogP contribution in [0.25, 0.3) is 33.5 Å². The van der Waals surface area contributed by atoms with Gasteiger partial charge in [-0.3, -0.25) is 4.68 Å². The van der Waals surface area contributed by atoms with Crippen LogP contribution in [0.2, 0.25) is 0 Å². The summed E-state index contributed by atoms with van der Waals surface area (Å²) in [6.45, 7) is 3.83. The summed E-state index contributed by atoms with van der Waals surface area (Å²) in [6.07, 6.45) is 7.90. The zero-order chi connectivity index (χ0) is 24.7. The van der Waals surface area contributed by atoms with Crippen LogP contribution in [0, 0.1) is 0 Å². The van der Waals surface area contributed by atoms with Crippen molar-refractivity contribution in [1.29, 1.82) is 0 Å². The van der Waals surface area contributed by atoms with Crippen LogP contribution in [0.5, 0.6) is 0 Å². The monoisotopic (exact) mass is 479 g/mol. The van der Waals surface area contributed by atoms with E-state index in [-0.39, 0.29) is 0 Å². The number of aliphatic hydroxyl groups is 1. The first-order valence-electron chi connectivity index (χ1n) is 12.3. The summed E-state index contributed by atoms with van der Waals surface area (Å²) >= 11 is 0. The number of nitrogens with one attached hydrogen (secondary N) is 2. The molecule has 6 rings (SSSR count). The SMILES string of the molecule is CC(O)(c1ccccc1)c1ccc2[nH]c(-c3cc(-c4cnn(C5CCNCC5)c4)cnc3N)nc2c1. The molecule has 0 radical (unpaired) electrons. The zero-order valence-corrected chi connectivity index (χ0v) is 20.1. The highest BCUT2D eigenvalue weighted by atomic mass is 16.3. The summed E-state index contributed by atoms with van der Waals surface area (Å²) in [5.41, 5.74) is 11.0. The van der Waals surface area contributed by atoms with Gasteiger partial charge in [0.05, 0.1) is 28.8 Å². The Bertz CT molecular complexity index is 1510. The molecular weight excluding hydrogens is 450 g/mol. The van der Waals surface area contributed by atoms with Gasteiger partial charge in [-0.05, 0) is 62.2 Å². The van der Waals surface area contributed by atoms with Gasteiger partial charge in [-0.15, -0.1) is 0 Å². The quantitative estimate of drug-likeness (QED) is 0.299. The standard InChI is InChI=1S/C28H29N7O/c1-28(36,20-5-3-2-4-6-20)21-7-8-24-25(14-21)34-27(33-24)23-13-18(15-31-26(23)29)19-16-32-35(17-19)22-9-11-30-12-10-22/h2-8,13-17,22,30,36H,9-12H2,1H3,(H2,29,31)(H,33,34). The fraction of sp³-hybridized carbons (Fsp3) is 0.250. The molecule has 1 fully saturated rings. The van der Waals surface area contributed by atoms with Gasteiger partial charge in [0, 0.05) is 23.5 Å². The predicted octanol–water partition coefficient (Wildman–Crippen LogP) is 4.25. The number of piperidine rings is 1. The number of rotatable bonds is 5. The topological polar surface area (TPSA) is 118 Å². The molecule has 36 heavy (non-hydrogen) atoms. The average molecular weight is 480 g/mol. The summed E-state index contributed by atoms with van der Waals surface area (Å²) < 4.78 is 2.06. The van der Waals surface area contributed by atoms with Crippen molar-refractivity contribution in [1.82, 2.24) is 30.0 Å². The largest absolute Gasteiger partial charge is 0.383 e. The first kappa shape index (κ1) is 22.5. The van der Waals surface area contributed by atoms with Crippen molar-refractivity contribution in [2.75, 3.05) is 18.8 Å². The number of hydrogen-bond acceptors (Lipinski definition) is 6. The predicted molar refractivity (Wildman–Crippen MR) is 141 cm³/mol. The maximum Gasteiger partial charge on any atom is 0.142 e. The van der Waals surface area contributed by atoms with Gasteiger partial charge in [-0.2, -0.15) is 5.10 Å². The van der Waals surface area contributed by atoms with E-state index in [1.807, 2.05) is 60.8 Å². The number of pyridine rings is 1. The van der Waals surface area contributed by atoms with Gasteiger partial charge in [-0.25, -0.2) is 9.97 Å². The summed E-state index contributed by atoms with van der Waals surface area (Å²) in [7, 11) is 0. The molecule has 0 saturated carbocycles. The molecule has 0 spiro atoms. The van der Waals surface area contributed by atoms with E-state index in [1.165, 1.54) is 0 Å². The third-order valence-corrected chi connectivity index (χ3v) is 7.17. The van der Waals surface area contributed by atoms with Crippen molar-refractivity contribution < 1.29 is 5.11 Å². The number of anilines is 1. The molecule has 2 aromatic carbocycles. The van der Waals surface area contributed by atoms with Gasteiger partial charge in [0.15, 0.2) is 0 Å². The number of aromatic amines is 1. The van der Waals surface area contributed by atoms with Crippen molar-refractivity contribution in [2.45, 2.75) is 31.4 Å². The molecule has 1 aliphatic rings. The number of nitrogens with zero attached hydrogens (tertiary/aromatic N) is 4. The molecule has 5 aromatic rings. The molecule has 5 N–H and O–H groups in total. The van der Waals surface area contributed by atoms with E-state index in [0.29, 0.717) is 17.7 Å². The Labute approximate surface area is 209 Å². The highest BCUT2D eigenvalue weighted by molar-refractivity contribution is 5.84. The van der Waals surface area contributed by atoms with Crippen LogP contribution < -0.4 is 11.1 Å². The molecule has 3 aromatic heterocycles. The lowest BCUT2D eigenvalue weighted by molar-refractivity contribution is 0.102. The number of fused-ring (bicyclic) bond motifs is 1. The van der Waals surface area contributed by atoms with E-state index in [1.54, 1.807) is 13.1 Å². The van der Waals surface area contributed by atoms with E-state index >= 15 is 0 Å². The van der Waals surface area contributed by atoms with Crippen LogP contribution in [-0.2, 0) is 5.60 Å². The summed E-state index contributed by atoms with van der Waals surface area (Å²) in [5, 5.41) is 19.3. The fourth-order valence-corrected chi connectivity index (χ4v) is 4.95. The number of hydrogen-bond donors (Lipinski definition) is 4. The Kier molecular flexibility index (Phi) is 5.55. The molecule has 0 bridgehead atoms. The second-order valence-corrected chi connectivity index (χ2v) is 9.60. The number of aromatic nitrogens is 5. The minimum absolute atomic E-state index is 0.403. The van der Waals surface area contributed by atoms with Crippen LogP contribution in [0.3, 0.4) is 0 Å². The molecule has 182 valence electrons. The fourth-order valence-electron chi connectivity index (χ4n) is 4.95. The van der Waals surface area contributed by atoms with Crippen LogP contribution in [0.4, 0.5) is 5.82 Å². The lowest BCUT2D eigenvalue weighted by Crippen LogP contribution is -2.29. The number of imidazole rings is 1. The van der Waals surface area contributed by atoms with Crippen LogP contribution in [0.15, 0.2) is 73.2 Å². The van der Waals surface area contributed by atoms with Crippen molar-refractivity contribution >= 4 is 16.9 Å². The lowest BCUT2D eigenvalue weighted by atomic mass is 9.88. The maximum absolute atomic E-state index is 11.3. The molecule has 8 nitrogen and oxygen atoms in total. The van der Waals surface area contributed by atoms with Gasteiger partial charge in [0.25, 0.3) is 0 Å². The van der Waals surface area contributed by atoms with Gasteiger partial charge in [0.1, 0.15) is 17.2 Å². The Morgan fingerprint density at radius 2 is 1.81 bits per heavy atom. The Hall–Kier alpha value is -4.01. The number of nitrogen functional groups attached to an aromatic ring is 1. The van der Waals surface area contributed by atoms with Gasteiger partial charge in [-0.1, -0.05) is 36.4 Å². The van der Waals surface area contributed by atoms with Gasteiger partial charge >= 0.3 is 0 Å². The number of H-pyrrole nitrogens is 1. The third-order valence-electron chi connectivity index (χ3n) is 7.17. The first-order valence-corrected chi connectivity index (χ1v) is 12.3. The van der Waals surface area contributed by atoms with Crippen LogP contribution in [-0.4, -0.2) is 42.9 Å². The van der Waals surface area contributed by atoms with Crippen molar-refractivity contribution in [3.8, 4) is 22.5 Å². The van der Waals surface area contributed by atoms with Crippen LogP contribution >= 0.6 is 0 Å². The second-order valence-electron chi connectivity index (χ2n) is 9.60. The molecule has 1 atom stereocenters. The van der Waals surface area contributed by atoms with Crippen molar-refractivity contribution in [2.24, 2.45) is 0 Å². The van der Waals surface area contributed by atoms with Crippen molar-refractivity contribution in [3.63, 3.8) is 0 Å². The zero-order valence-electron chi connectivity index (χ0n) is 20.1. The van der Waals surface area contributed by atoms with E-state index in [4.69, 9.17) is 10.7 Å². The van der Waals surface area contributed by atoms with E-state index in [0.717, 1.165) is 64.8 Å². The lowest BCUT2D eigenvalue weighted by Gasteiger charge is -2.24. The van der Waals surface area contributed by atoms with Crippen molar-refractivity contribution in [3.05, 3.63) is 84.3 Å². The molecule has 0 aliphatic carbocycles. The van der Waals surface area contributed by atoms with Crippen LogP contribution in [0.1, 0.15) is 36.9 Å². The van der Waals surface area contributed by atoms with Gasteiger partial charge in [0.2, 0.25) is 0 Å². The average Bonchev–Trinajstić information content (AvgIpc) is 3.57. The number of nitrogens with two attached hydrogens (primary N) is 1. The first-order chi connectivity index (χ1) is 17.5. The highest BCUT2D eigenvalue weighted by Gasteiger charge is 2.26. The third kappa shape index (κ3) is 4.04. The minimum Gasteiger partial charge on any atom is -0.383 e. The summed E-state index contributed by atoms with van der Waals surface area (Å²) in [5.74, 6) is 1.04. The molecule has 4 heterocycles. The molecule has 1 saturated heterocycles. The van der Waals surface area contributed by atoms with E-state index < -0.39 is 5.60 Å². The van der Waals surface area contributed by atoms with E-state index in [2.05, 4.69) is 31.3 Å². The minimum atomic E-state index is -1.14. The molecular formula is C28H29N7O. The van der Waals surface area contributed by atoms with Gasteiger partial charge < -0.3 is 21.1 Å². The molecule has 1 aliphatic heterocycles. The molecule has 1 unspecified atom stereocenters. The van der Waals surface area contributed by atoms with E-state index in [9.17, 15) is 5.11 Å². The Balaban J connectivity index is 1.33. The highest BCUT2D eigenvalue weighted by Crippen LogP contribution is 2.33. The maximum atomic E-state index is 11.3. The molecule has 0 amide bonds. The Morgan fingerprint density at radius 1 is 1.00 bits per heavy atom. The second kappa shape index (κ2) is 8.89. The number of benzene rings is 2. The molecule has 8 heteroatoms. The normalized spacial score (nSPS) is 16.3. The smallest absolute Gasteiger partial charge is 0.142 e. The summed E-state index contributed by atoms with van der Waals surface area (Å²) in [4.78, 5) is 12.6. The summed E-state index contributed by atoms with van der Waals surface area (Å²) in [6, 6.07) is 17.8.